The molecule has 0 saturated heterocycles. The lowest BCUT2D eigenvalue weighted by Crippen LogP contribution is -2.45. The highest BCUT2D eigenvalue weighted by Crippen LogP contribution is 2.40. The number of hydrogen-bond donors (Lipinski definition) is 2. The summed E-state index contributed by atoms with van der Waals surface area (Å²) in [4.78, 5) is 12.5. The van der Waals surface area contributed by atoms with Crippen molar-refractivity contribution >= 4 is 23.3 Å². The van der Waals surface area contributed by atoms with E-state index in [2.05, 4.69) is 10.6 Å². The van der Waals surface area contributed by atoms with Gasteiger partial charge in [0.2, 0.25) is 0 Å². The molecule has 1 aromatic carbocycles. The second kappa shape index (κ2) is 8.06. The largest absolute Gasteiger partial charge is 0.496 e. The predicted molar refractivity (Wildman–Crippen MR) is 97.0 cm³/mol. The van der Waals surface area contributed by atoms with E-state index >= 15 is 0 Å². The lowest BCUT2D eigenvalue weighted by atomic mass is 9.94. The number of methoxy groups -OCH3 is 3. The lowest BCUT2D eigenvalue weighted by Gasteiger charge is -2.31. The number of rotatable bonds is 6. The number of esters is 1. The van der Waals surface area contributed by atoms with Crippen LogP contribution in [0.1, 0.15) is 25.5 Å². The van der Waals surface area contributed by atoms with Crippen LogP contribution in [0.15, 0.2) is 23.4 Å². The maximum Gasteiger partial charge on any atom is 0.338 e. The monoisotopic (exact) mass is 366 g/mol. The van der Waals surface area contributed by atoms with E-state index in [1.165, 1.54) is 0 Å². The summed E-state index contributed by atoms with van der Waals surface area (Å²) in [5.74, 6) is 1.15. The van der Waals surface area contributed by atoms with Crippen molar-refractivity contribution in [3.8, 4) is 17.2 Å². The molecular weight excluding hydrogens is 344 g/mol. The summed E-state index contributed by atoms with van der Waals surface area (Å²) in [6, 6.07) is 2.93. The summed E-state index contributed by atoms with van der Waals surface area (Å²) in [5, 5.41) is 6.47. The SMILES string of the molecule is CCOC(=O)C1=C(C)NC(=S)NC1c1cc(OC)c(OC)cc1OC. The van der Waals surface area contributed by atoms with E-state index in [-0.39, 0.29) is 6.61 Å². The summed E-state index contributed by atoms with van der Waals surface area (Å²) >= 11 is 5.25. The molecule has 0 aliphatic carbocycles. The van der Waals surface area contributed by atoms with Gasteiger partial charge in [0.1, 0.15) is 5.75 Å². The fourth-order valence-corrected chi connectivity index (χ4v) is 2.96. The molecule has 1 unspecified atom stereocenters. The van der Waals surface area contributed by atoms with Crippen LogP contribution in [0.3, 0.4) is 0 Å². The Kier molecular flexibility index (Phi) is 6.08. The Morgan fingerprint density at radius 3 is 2.28 bits per heavy atom. The van der Waals surface area contributed by atoms with Gasteiger partial charge in [0.15, 0.2) is 16.6 Å². The molecule has 0 bridgehead atoms. The molecule has 0 amide bonds. The van der Waals surface area contributed by atoms with Gasteiger partial charge in [-0.05, 0) is 32.1 Å². The van der Waals surface area contributed by atoms with Crippen molar-refractivity contribution in [1.82, 2.24) is 10.6 Å². The molecule has 1 aliphatic heterocycles. The average Bonchev–Trinajstić information content (AvgIpc) is 2.59. The zero-order valence-corrected chi connectivity index (χ0v) is 15.7. The van der Waals surface area contributed by atoms with Gasteiger partial charge in [0.05, 0.1) is 39.6 Å². The van der Waals surface area contributed by atoms with Gasteiger partial charge in [-0.25, -0.2) is 4.79 Å². The number of benzene rings is 1. The van der Waals surface area contributed by atoms with E-state index in [9.17, 15) is 4.79 Å². The first-order chi connectivity index (χ1) is 12.0. The highest BCUT2D eigenvalue weighted by Gasteiger charge is 2.33. The quantitative estimate of drug-likeness (QED) is 0.585. The second-order valence-corrected chi connectivity index (χ2v) is 5.65. The van der Waals surface area contributed by atoms with Gasteiger partial charge in [-0.15, -0.1) is 0 Å². The van der Waals surface area contributed by atoms with Gasteiger partial charge in [-0.2, -0.15) is 0 Å². The summed E-state index contributed by atoms with van der Waals surface area (Å²) in [6.07, 6.45) is 0. The van der Waals surface area contributed by atoms with Crippen molar-refractivity contribution in [3.05, 3.63) is 29.0 Å². The Hall–Kier alpha value is -2.48. The minimum Gasteiger partial charge on any atom is -0.496 e. The third-order valence-electron chi connectivity index (χ3n) is 3.81. The van der Waals surface area contributed by atoms with Crippen LogP contribution in [0.5, 0.6) is 17.2 Å². The predicted octanol–water partition coefficient (Wildman–Crippen LogP) is 2.07. The zero-order chi connectivity index (χ0) is 18.6. The minimum absolute atomic E-state index is 0.274. The highest BCUT2D eigenvalue weighted by molar-refractivity contribution is 7.80. The van der Waals surface area contributed by atoms with Crippen LogP contribution in [-0.2, 0) is 9.53 Å². The van der Waals surface area contributed by atoms with E-state index < -0.39 is 12.0 Å². The lowest BCUT2D eigenvalue weighted by molar-refractivity contribution is -0.139. The smallest absolute Gasteiger partial charge is 0.338 e. The number of carbonyl (C=O) groups excluding carboxylic acids is 1. The molecule has 8 heteroatoms. The third kappa shape index (κ3) is 3.79. The molecule has 7 nitrogen and oxygen atoms in total. The molecular formula is C17H22N2O5S. The highest BCUT2D eigenvalue weighted by atomic mass is 32.1. The van der Waals surface area contributed by atoms with Gasteiger partial charge in [0.25, 0.3) is 0 Å². The normalized spacial score (nSPS) is 16.7. The maximum atomic E-state index is 12.5. The fourth-order valence-electron chi connectivity index (χ4n) is 2.68. The summed E-state index contributed by atoms with van der Waals surface area (Å²) < 4.78 is 21.4. The average molecular weight is 366 g/mol. The zero-order valence-electron chi connectivity index (χ0n) is 14.9. The van der Waals surface area contributed by atoms with Crippen LogP contribution in [0, 0.1) is 0 Å². The summed E-state index contributed by atoms with van der Waals surface area (Å²) in [6.45, 7) is 3.81. The molecule has 2 rings (SSSR count). The van der Waals surface area contributed by atoms with E-state index in [4.69, 9.17) is 31.2 Å². The van der Waals surface area contributed by atoms with Gasteiger partial charge >= 0.3 is 5.97 Å². The van der Waals surface area contributed by atoms with Gasteiger partial charge in [-0.3, -0.25) is 0 Å². The van der Waals surface area contributed by atoms with E-state index in [0.29, 0.717) is 39.2 Å². The van der Waals surface area contributed by atoms with E-state index in [0.717, 1.165) is 0 Å². The number of thiocarbonyl (C=S) groups is 1. The maximum absolute atomic E-state index is 12.5. The second-order valence-electron chi connectivity index (χ2n) is 5.24. The van der Waals surface area contributed by atoms with Gasteiger partial charge in [-0.1, -0.05) is 0 Å². The van der Waals surface area contributed by atoms with E-state index in [1.54, 1.807) is 47.3 Å². The molecule has 0 spiro atoms. The summed E-state index contributed by atoms with van der Waals surface area (Å²) in [7, 11) is 4.63. The molecule has 1 aliphatic rings. The third-order valence-corrected chi connectivity index (χ3v) is 4.03. The summed E-state index contributed by atoms with van der Waals surface area (Å²) in [5.41, 5.74) is 1.75. The number of allylic oxidation sites excluding steroid dienone is 1. The number of carbonyl (C=O) groups is 1. The van der Waals surface area contributed by atoms with Gasteiger partial charge < -0.3 is 29.6 Å². The van der Waals surface area contributed by atoms with Gasteiger partial charge in [0, 0.05) is 17.3 Å². The number of nitrogens with one attached hydrogen (secondary N) is 2. The first-order valence-electron chi connectivity index (χ1n) is 7.72. The minimum atomic E-state index is -0.539. The fraction of sp³-hybridized carbons (Fsp3) is 0.412. The molecule has 25 heavy (non-hydrogen) atoms. The molecule has 0 radical (unpaired) electrons. The number of hydrogen-bond acceptors (Lipinski definition) is 6. The van der Waals surface area contributed by atoms with Crippen molar-refractivity contribution in [1.29, 1.82) is 0 Å². The van der Waals surface area contributed by atoms with Crippen molar-refractivity contribution in [3.63, 3.8) is 0 Å². The van der Waals surface area contributed by atoms with Crippen LogP contribution < -0.4 is 24.8 Å². The molecule has 136 valence electrons. The first kappa shape index (κ1) is 18.9. The number of ether oxygens (including phenoxy) is 4. The molecule has 0 saturated carbocycles. The first-order valence-corrected chi connectivity index (χ1v) is 8.12. The standard InChI is InChI=1S/C17H22N2O5S/c1-6-24-16(20)14-9(2)18-17(25)19-15(14)10-7-12(22-4)13(23-5)8-11(10)21-3/h7-8,15H,6H2,1-5H3,(H2,18,19,25). The van der Waals surface area contributed by atoms with Crippen LogP contribution in [0.25, 0.3) is 0 Å². The van der Waals surface area contributed by atoms with Crippen LogP contribution in [0.4, 0.5) is 0 Å². The van der Waals surface area contributed by atoms with Crippen molar-refractivity contribution in [2.75, 3.05) is 27.9 Å². The van der Waals surface area contributed by atoms with Crippen molar-refractivity contribution < 1.29 is 23.7 Å². The van der Waals surface area contributed by atoms with Crippen LogP contribution in [0.2, 0.25) is 0 Å². The van der Waals surface area contributed by atoms with Crippen LogP contribution >= 0.6 is 12.2 Å². The van der Waals surface area contributed by atoms with Crippen LogP contribution in [-0.4, -0.2) is 39.0 Å². The van der Waals surface area contributed by atoms with Crippen molar-refractivity contribution in [2.24, 2.45) is 0 Å². The molecule has 0 fully saturated rings. The Morgan fingerprint density at radius 2 is 1.72 bits per heavy atom. The molecule has 1 aromatic rings. The topological polar surface area (TPSA) is 78.1 Å². The Bertz CT molecular complexity index is 717. The molecule has 2 N–H and O–H groups in total. The van der Waals surface area contributed by atoms with E-state index in [1.807, 2.05) is 0 Å². The Labute approximate surface area is 152 Å². The Morgan fingerprint density at radius 1 is 1.12 bits per heavy atom. The Balaban J connectivity index is 2.62. The molecule has 1 atom stereocenters. The molecule has 1 heterocycles. The molecule has 0 aromatic heterocycles. The van der Waals surface area contributed by atoms with Crippen molar-refractivity contribution in [2.45, 2.75) is 19.9 Å².